The number of rotatable bonds is 5. The van der Waals surface area contributed by atoms with Gasteiger partial charge in [-0.1, -0.05) is 39.4 Å². The molecule has 0 spiro atoms. The normalized spacial score (nSPS) is 17.3. The molecule has 1 amide bonds. The zero-order valence-electron chi connectivity index (χ0n) is 18.4. The molecule has 1 N–H and O–H groups in total. The summed E-state index contributed by atoms with van der Waals surface area (Å²) in [6.45, 7) is 2.36. The van der Waals surface area contributed by atoms with Crippen LogP contribution in [0.2, 0.25) is 0 Å². The Kier molecular flexibility index (Phi) is 6.12. The SMILES string of the molecule is CCOc1ccc(/C(O)=C2\C(=O)C(=O)N(c3nc4ccc(F)cc4s3)[C@@H]2c2ccc(Br)cc2)cc1. The van der Waals surface area contributed by atoms with Crippen molar-refractivity contribution >= 4 is 60.1 Å². The third kappa shape index (κ3) is 4.21. The summed E-state index contributed by atoms with van der Waals surface area (Å²) in [5, 5.41) is 11.5. The van der Waals surface area contributed by atoms with Crippen molar-refractivity contribution in [2.45, 2.75) is 13.0 Å². The van der Waals surface area contributed by atoms with E-state index in [-0.39, 0.29) is 16.5 Å². The zero-order valence-corrected chi connectivity index (χ0v) is 20.8. The lowest BCUT2D eigenvalue weighted by Crippen LogP contribution is -2.29. The molecule has 1 aliphatic rings. The number of aromatic nitrogens is 1. The molecule has 1 aromatic heterocycles. The van der Waals surface area contributed by atoms with Crippen LogP contribution >= 0.6 is 27.3 Å². The molecule has 1 aliphatic heterocycles. The van der Waals surface area contributed by atoms with Gasteiger partial charge in [0.1, 0.15) is 17.3 Å². The van der Waals surface area contributed by atoms with E-state index >= 15 is 0 Å². The predicted octanol–water partition coefficient (Wildman–Crippen LogP) is 6.22. The molecular formula is C26H18BrFN2O4S. The van der Waals surface area contributed by atoms with Crippen molar-refractivity contribution in [3.8, 4) is 5.75 Å². The maximum atomic E-state index is 13.8. The van der Waals surface area contributed by atoms with Crippen LogP contribution in [0.5, 0.6) is 5.75 Å². The number of nitrogens with zero attached hydrogens (tertiary/aromatic N) is 2. The average Bonchev–Trinajstić information content (AvgIpc) is 3.37. The van der Waals surface area contributed by atoms with Crippen LogP contribution in [0.1, 0.15) is 24.1 Å². The number of Topliss-reactive ketones (excluding diaryl/α,β-unsaturated/α-hetero) is 1. The number of amides is 1. The van der Waals surface area contributed by atoms with E-state index in [1.54, 1.807) is 48.5 Å². The maximum absolute atomic E-state index is 13.8. The van der Waals surface area contributed by atoms with E-state index in [9.17, 15) is 19.1 Å². The molecule has 0 saturated carbocycles. The van der Waals surface area contributed by atoms with Crippen molar-refractivity contribution in [3.05, 3.63) is 93.7 Å². The number of benzene rings is 3. The summed E-state index contributed by atoms with van der Waals surface area (Å²) in [5.41, 5.74) is 1.45. The van der Waals surface area contributed by atoms with Gasteiger partial charge in [-0.2, -0.15) is 0 Å². The fourth-order valence-electron chi connectivity index (χ4n) is 4.01. The summed E-state index contributed by atoms with van der Waals surface area (Å²) in [6, 6.07) is 17.0. The van der Waals surface area contributed by atoms with Crippen molar-refractivity contribution in [3.63, 3.8) is 0 Å². The maximum Gasteiger partial charge on any atom is 0.301 e. The van der Waals surface area contributed by atoms with Crippen LogP contribution in [0, 0.1) is 5.82 Å². The molecule has 1 saturated heterocycles. The van der Waals surface area contributed by atoms with Gasteiger partial charge >= 0.3 is 5.91 Å². The monoisotopic (exact) mass is 552 g/mol. The standard InChI is InChI=1S/C26H18BrFN2O4S/c1-2-34-18-10-5-15(6-11-18)23(31)21-22(14-3-7-16(27)8-4-14)30(25(33)24(21)32)26-29-19-12-9-17(28)13-20(19)35-26/h3-13,22,31H,2H2,1H3/b23-21+/t22-/m1/s1. The molecule has 1 atom stereocenters. The van der Waals surface area contributed by atoms with Gasteiger partial charge in [-0.05, 0) is 67.1 Å². The van der Waals surface area contributed by atoms with Crippen LogP contribution in [-0.2, 0) is 9.59 Å². The first-order valence-electron chi connectivity index (χ1n) is 10.7. The largest absolute Gasteiger partial charge is 0.507 e. The van der Waals surface area contributed by atoms with Gasteiger partial charge in [0.25, 0.3) is 5.78 Å². The molecule has 0 radical (unpaired) electrons. The Bertz CT molecular complexity index is 1480. The van der Waals surface area contributed by atoms with Crippen molar-refractivity contribution in [1.29, 1.82) is 0 Å². The predicted molar refractivity (Wildman–Crippen MR) is 136 cm³/mol. The Morgan fingerprint density at radius 3 is 2.51 bits per heavy atom. The van der Waals surface area contributed by atoms with Gasteiger partial charge in [0.2, 0.25) is 0 Å². The smallest absolute Gasteiger partial charge is 0.301 e. The summed E-state index contributed by atoms with van der Waals surface area (Å²) in [6.07, 6.45) is 0. The molecule has 4 aromatic rings. The van der Waals surface area contributed by atoms with Gasteiger partial charge in [-0.3, -0.25) is 14.5 Å². The topological polar surface area (TPSA) is 79.7 Å². The Balaban J connectivity index is 1.68. The highest BCUT2D eigenvalue weighted by atomic mass is 79.9. The minimum Gasteiger partial charge on any atom is -0.507 e. The molecule has 5 rings (SSSR count). The molecule has 9 heteroatoms. The number of ether oxygens (including phenoxy) is 1. The Hall–Kier alpha value is -3.56. The van der Waals surface area contributed by atoms with E-state index in [0.717, 1.165) is 15.8 Å². The number of halogens is 2. The summed E-state index contributed by atoms with van der Waals surface area (Å²) in [7, 11) is 0. The lowest BCUT2D eigenvalue weighted by Gasteiger charge is -2.23. The molecular weight excluding hydrogens is 535 g/mol. The van der Waals surface area contributed by atoms with Crippen LogP contribution in [0.3, 0.4) is 0 Å². The molecule has 1 fully saturated rings. The van der Waals surface area contributed by atoms with Gasteiger partial charge < -0.3 is 9.84 Å². The first-order valence-corrected chi connectivity index (χ1v) is 12.3. The molecule has 0 aliphatic carbocycles. The number of fused-ring (bicyclic) bond motifs is 1. The number of hydrogen-bond acceptors (Lipinski definition) is 6. The first-order chi connectivity index (χ1) is 16.9. The van der Waals surface area contributed by atoms with Crippen LogP contribution in [0.15, 0.2) is 76.8 Å². The molecule has 2 heterocycles. The van der Waals surface area contributed by atoms with Gasteiger partial charge in [0.05, 0.1) is 28.4 Å². The number of carbonyl (C=O) groups excluding carboxylic acids is 2. The Labute approximate surface area is 212 Å². The van der Waals surface area contributed by atoms with Crippen LogP contribution < -0.4 is 9.64 Å². The Morgan fingerprint density at radius 1 is 1.11 bits per heavy atom. The average molecular weight is 553 g/mol. The fourth-order valence-corrected chi connectivity index (χ4v) is 5.29. The summed E-state index contributed by atoms with van der Waals surface area (Å²) < 4.78 is 20.6. The first kappa shape index (κ1) is 23.2. The van der Waals surface area contributed by atoms with E-state index < -0.39 is 23.5 Å². The summed E-state index contributed by atoms with van der Waals surface area (Å²) in [5.74, 6) is -1.74. The highest BCUT2D eigenvalue weighted by molar-refractivity contribution is 9.10. The van der Waals surface area contributed by atoms with E-state index in [1.807, 2.05) is 6.92 Å². The fraction of sp³-hybridized carbons (Fsp3) is 0.115. The molecule has 0 unspecified atom stereocenters. The number of carbonyl (C=O) groups is 2. The third-order valence-corrected chi connectivity index (χ3v) is 7.16. The zero-order chi connectivity index (χ0) is 24.7. The van der Waals surface area contributed by atoms with E-state index in [1.165, 1.54) is 23.1 Å². The minimum absolute atomic E-state index is 0.0491. The minimum atomic E-state index is -0.917. The lowest BCUT2D eigenvalue weighted by molar-refractivity contribution is -0.132. The highest BCUT2D eigenvalue weighted by Crippen LogP contribution is 2.44. The lowest BCUT2D eigenvalue weighted by atomic mass is 9.95. The second-order valence-electron chi connectivity index (χ2n) is 7.79. The van der Waals surface area contributed by atoms with E-state index in [0.29, 0.717) is 33.7 Å². The number of aliphatic hydroxyl groups excluding tert-OH is 1. The number of hydrogen-bond donors (Lipinski definition) is 1. The van der Waals surface area contributed by atoms with Gasteiger partial charge in [-0.15, -0.1) is 0 Å². The Morgan fingerprint density at radius 2 is 1.83 bits per heavy atom. The van der Waals surface area contributed by atoms with Gasteiger partial charge in [0.15, 0.2) is 5.13 Å². The van der Waals surface area contributed by atoms with Crippen molar-refractivity contribution in [1.82, 2.24) is 4.98 Å². The van der Waals surface area contributed by atoms with E-state index in [2.05, 4.69) is 20.9 Å². The second kappa shape index (κ2) is 9.24. The quantitative estimate of drug-likeness (QED) is 0.180. The van der Waals surface area contributed by atoms with Crippen LogP contribution in [0.25, 0.3) is 16.0 Å². The molecule has 176 valence electrons. The number of aliphatic hydroxyl groups is 1. The number of anilines is 1. The van der Waals surface area contributed by atoms with Crippen molar-refractivity contribution in [2.24, 2.45) is 0 Å². The summed E-state index contributed by atoms with van der Waals surface area (Å²) in [4.78, 5) is 32.3. The van der Waals surface area contributed by atoms with Crippen molar-refractivity contribution in [2.75, 3.05) is 11.5 Å². The second-order valence-corrected chi connectivity index (χ2v) is 9.71. The number of ketones is 1. The van der Waals surface area contributed by atoms with Crippen LogP contribution in [-0.4, -0.2) is 28.4 Å². The molecule has 6 nitrogen and oxygen atoms in total. The van der Waals surface area contributed by atoms with Gasteiger partial charge in [0, 0.05) is 10.0 Å². The third-order valence-electron chi connectivity index (χ3n) is 5.61. The molecule has 0 bridgehead atoms. The summed E-state index contributed by atoms with van der Waals surface area (Å²) >= 11 is 4.51. The van der Waals surface area contributed by atoms with E-state index in [4.69, 9.17) is 4.74 Å². The van der Waals surface area contributed by atoms with Crippen molar-refractivity contribution < 1.29 is 23.8 Å². The number of thiazole rings is 1. The van der Waals surface area contributed by atoms with Crippen LogP contribution in [0.4, 0.5) is 9.52 Å². The van der Waals surface area contributed by atoms with Gasteiger partial charge in [-0.25, -0.2) is 9.37 Å². The molecule has 3 aromatic carbocycles. The highest BCUT2D eigenvalue weighted by Gasteiger charge is 2.48. The molecule has 35 heavy (non-hydrogen) atoms.